The molecule has 5 heterocycles. The minimum atomic E-state index is -0.385. The van der Waals surface area contributed by atoms with Gasteiger partial charge in [0.25, 0.3) is 11.1 Å². The monoisotopic (exact) mass is 519 g/mol. The van der Waals surface area contributed by atoms with Crippen LogP contribution in [0.4, 0.5) is 10.7 Å². The third-order valence-electron chi connectivity index (χ3n) is 6.53. The lowest BCUT2D eigenvalue weighted by Gasteiger charge is -2.32. The van der Waals surface area contributed by atoms with Crippen LogP contribution in [-0.2, 0) is 11.3 Å². The van der Waals surface area contributed by atoms with Crippen molar-refractivity contribution in [3.8, 4) is 11.3 Å². The number of carbonyl (C=O) groups is 2. The molecule has 2 saturated heterocycles. The zero-order valence-electron chi connectivity index (χ0n) is 21.1. The molecule has 11 heteroatoms. The van der Waals surface area contributed by atoms with E-state index in [9.17, 15) is 9.59 Å². The summed E-state index contributed by atoms with van der Waals surface area (Å²) in [4.78, 5) is 39.6. The Hall–Kier alpha value is -3.57. The van der Waals surface area contributed by atoms with E-state index in [0.717, 1.165) is 78.2 Å². The molecule has 192 valence electrons. The number of pyridine rings is 1. The van der Waals surface area contributed by atoms with Crippen molar-refractivity contribution in [2.45, 2.75) is 40.2 Å². The molecule has 10 nitrogen and oxygen atoms in total. The second kappa shape index (κ2) is 10.8. The quantitative estimate of drug-likeness (QED) is 0.445. The van der Waals surface area contributed by atoms with Gasteiger partial charge in [0.05, 0.1) is 33.2 Å². The maximum Gasteiger partial charge on any atom is 0.290 e. The normalized spacial score (nSPS) is 17.6. The fourth-order valence-electron chi connectivity index (χ4n) is 4.70. The number of carbonyl (C=O) groups excluding carboxylic acids is 2. The molecule has 2 N–H and O–H groups in total. The zero-order chi connectivity index (χ0) is 25.9. The van der Waals surface area contributed by atoms with Gasteiger partial charge in [0.15, 0.2) is 0 Å². The molecule has 0 radical (unpaired) electrons. The van der Waals surface area contributed by atoms with Crippen LogP contribution in [-0.4, -0.2) is 50.9 Å². The minimum Gasteiger partial charge on any atom is -0.361 e. The summed E-state index contributed by atoms with van der Waals surface area (Å²) in [7, 11) is 0. The molecule has 37 heavy (non-hydrogen) atoms. The number of rotatable bonds is 7. The fourth-order valence-corrected chi connectivity index (χ4v) is 5.37. The van der Waals surface area contributed by atoms with Gasteiger partial charge in [-0.1, -0.05) is 5.16 Å². The number of hydrogen-bond acceptors (Lipinski definition) is 10. The van der Waals surface area contributed by atoms with Crippen molar-refractivity contribution < 1.29 is 14.1 Å². The van der Waals surface area contributed by atoms with E-state index in [1.165, 1.54) is 0 Å². The van der Waals surface area contributed by atoms with Crippen LogP contribution in [0.15, 0.2) is 33.8 Å². The van der Waals surface area contributed by atoms with Crippen LogP contribution in [0.1, 0.15) is 41.2 Å². The van der Waals surface area contributed by atoms with Crippen LogP contribution in [0.2, 0.25) is 0 Å². The van der Waals surface area contributed by atoms with E-state index >= 15 is 0 Å². The van der Waals surface area contributed by atoms with Crippen molar-refractivity contribution in [3.05, 3.63) is 57.7 Å². The van der Waals surface area contributed by atoms with Gasteiger partial charge in [-0.15, -0.1) is 0 Å². The number of aromatic nitrogens is 4. The number of amides is 2. The summed E-state index contributed by atoms with van der Waals surface area (Å²) >= 11 is 0.887. The average molecular weight is 520 g/mol. The Labute approximate surface area is 219 Å². The number of nitrogens with one attached hydrogen (secondary N) is 2. The van der Waals surface area contributed by atoms with Gasteiger partial charge in [-0.2, -0.15) is 0 Å². The zero-order valence-corrected chi connectivity index (χ0v) is 21.9. The average Bonchev–Trinajstić information content (AvgIpc) is 3.38. The molecule has 3 aromatic heterocycles. The van der Waals surface area contributed by atoms with E-state index in [4.69, 9.17) is 9.51 Å². The van der Waals surface area contributed by atoms with E-state index in [0.29, 0.717) is 29.0 Å². The predicted molar refractivity (Wildman–Crippen MR) is 142 cm³/mol. The number of hydrogen-bond donors (Lipinski definition) is 2. The third kappa shape index (κ3) is 5.89. The van der Waals surface area contributed by atoms with Crippen LogP contribution in [0.3, 0.4) is 0 Å². The minimum absolute atomic E-state index is 0.348. The highest BCUT2D eigenvalue weighted by Crippen LogP contribution is 2.27. The van der Waals surface area contributed by atoms with Gasteiger partial charge in [-0.05, 0) is 87.7 Å². The molecule has 5 rings (SSSR count). The summed E-state index contributed by atoms with van der Waals surface area (Å²) in [6, 6.07) is 5.92. The number of thioether (sulfide) groups is 1. The van der Waals surface area contributed by atoms with E-state index in [1.54, 1.807) is 18.3 Å². The van der Waals surface area contributed by atoms with Crippen LogP contribution in [0.5, 0.6) is 0 Å². The Morgan fingerprint density at radius 3 is 2.70 bits per heavy atom. The van der Waals surface area contributed by atoms with Crippen LogP contribution in [0.25, 0.3) is 17.3 Å². The molecule has 0 bridgehead atoms. The van der Waals surface area contributed by atoms with Gasteiger partial charge in [0.2, 0.25) is 5.95 Å². The Morgan fingerprint density at radius 1 is 1.19 bits per heavy atom. The highest BCUT2D eigenvalue weighted by atomic mass is 32.2. The van der Waals surface area contributed by atoms with Gasteiger partial charge in [0, 0.05) is 25.8 Å². The second-order valence-corrected chi connectivity index (χ2v) is 10.4. The molecule has 2 aliphatic heterocycles. The highest BCUT2D eigenvalue weighted by Gasteiger charge is 2.26. The lowest BCUT2D eigenvalue weighted by molar-refractivity contribution is -0.115. The Balaban J connectivity index is 1.14. The molecule has 0 atom stereocenters. The summed E-state index contributed by atoms with van der Waals surface area (Å²) in [5.41, 5.74) is 5.50. The molecule has 0 saturated carbocycles. The first-order chi connectivity index (χ1) is 17.9. The number of nitrogens with zero attached hydrogens (tertiary/aromatic N) is 5. The van der Waals surface area contributed by atoms with Crippen molar-refractivity contribution in [1.82, 2.24) is 30.7 Å². The second-order valence-electron chi connectivity index (χ2n) is 9.42. The molecular formula is C26H29N7O3S. The van der Waals surface area contributed by atoms with Gasteiger partial charge in [-0.3, -0.25) is 19.9 Å². The van der Waals surface area contributed by atoms with Crippen LogP contribution in [0, 0.1) is 26.7 Å². The molecule has 0 aromatic carbocycles. The van der Waals surface area contributed by atoms with Crippen molar-refractivity contribution in [3.63, 3.8) is 0 Å². The van der Waals surface area contributed by atoms with Crippen molar-refractivity contribution in [2.24, 2.45) is 5.92 Å². The number of aryl methyl sites for hydroxylation is 3. The standard InChI is InChI=1S/C26H29N7O3S/c1-15-10-20(29-21(11-15)23-16(2)32-36-17(23)3)14-27-13-18-5-8-33(9-6-18)25-28-7-4-19(30-25)12-22-24(34)31-26(35)37-22/h4,7,10-12,18,27H,5-6,8-9,13-14H2,1-3H3,(H,31,34,35)/b22-12-. The molecule has 2 fully saturated rings. The fraction of sp³-hybridized carbons (Fsp3) is 0.385. The SMILES string of the molecule is Cc1cc(CNCC2CCN(c3nccc(/C=C4\SC(=O)NC4=O)n3)CC2)nc(-c2c(C)noc2C)c1. The lowest BCUT2D eigenvalue weighted by Crippen LogP contribution is -2.38. The Morgan fingerprint density at radius 2 is 2.00 bits per heavy atom. The van der Waals surface area contributed by atoms with Crippen LogP contribution >= 0.6 is 11.8 Å². The van der Waals surface area contributed by atoms with E-state index in [1.807, 2.05) is 13.8 Å². The first-order valence-corrected chi connectivity index (χ1v) is 13.1. The molecule has 2 amide bonds. The smallest absolute Gasteiger partial charge is 0.290 e. The Bertz CT molecular complexity index is 1340. The molecule has 2 aliphatic rings. The molecule has 0 spiro atoms. The lowest BCUT2D eigenvalue weighted by atomic mass is 9.97. The topological polar surface area (TPSA) is 126 Å². The van der Waals surface area contributed by atoms with Gasteiger partial charge < -0.3 is 14.7 Å². The van der Waals surface area contributed by atoms with E-state index < -0.39 is 0 Å². The largest absolute Gasteiger partial charge is 0.361 e. The number of imide groups is 1. The summed E-state index contributed by atoms with van der Waals surface area (Å²) in [6.45, 7) is 9.27. The van der Waals surface area contributed by atoms with Crippen molar-refractivity contribution >= 4 is 34.9 Å². The van der Waals surface area contributed by atoms with Crippen molar-refractivity contribution in [1.29, 1.82) is 0 Å². The van der Waals surface area contributed by atoms with E-state index in [2.05, 4.69) is 49.7 Å². The van der Waals surface area contributed by atoms with Gasteiger partial charge in [-0.25, -0.2) is 9.97 Å². The maximum absolute atomic E-state index is 11.8. The highest BCUT2D eigenvalue weighted by molar-refractivity contribution is 8.18. The number of piperidine rings is 1. The van der Waals surface area contributed by atoms with Crippen LogP contribution < -0.4 is 15.5 Å². The summed E-state index contributed by atoms with van der Waals surface area (Å²) in [6.07, 6.45) is 5.37. The molecule has 0 aliphatic carbocycles. The van der Waals surface area contributed by atoms with Crippen molar-refractivity contribution in [2.75, 3.05) is 24.5 Å². The first kappa shape index (κ1) is 25.1. The Kier molecular flexibility index (Phi) is 7.33. The third-order valence-corrected chi connectivity index (χ3v) is 7.34. The predicted octanol–water partition coefficient (Wildman–Crippen LogP) is 3.78. The molecular weight excluding hydrogens is 490 g/mol. The van der Waals surface area contributed by atoms with Gasteiger partial charge >= 0.3 is 0 Å². The van der Waals surface area contributed by atoms with Gasteiger partial charge in [0.1, 0.15) is 5.76 Å². The molecule has 3 aromatic rings. The maximum atomic E-state index is 11.8. The van der Waals surface area contributed by atoms with E-state index in [-0.39, 0.29) is 11.1 Å². The summed E-state index contributed by atoms with van der Waals surface area (Å²) in [5, 5.41) is 9.55. The molecule has 0 unspecified atom stereocenters. The first-order valence-electron chi connectivity index (χ1n) is 12.3. The number of anilines is 1. The summed E-state index contributed by atoms with van der Waals surface area (Å²) < 4.78 is 5.32. The summed E-state index contributed by atoms with van der Waals surface area (Å²) in [5.74, 6) is 1.60.